The number of rotatable bonds is 7. The third-order valence-electron chi connectivity index (χ3n) is 1.97. The molecule has 2 N–H and O–H groups in total. The van der Waals surface area contributed by atoms with Gasteiger partial charge in [-0.3, -0.25) is 0 Å². The van der Waals surface area contributed by atoms with Crippen LogP contribution in [0, 0.1) is 0 Å². The first-order valence-corrected chi connectivity index (χ1v) is 5.21. The minimum atomic E-state index is -2.05. The zero-order chi connectivity index (χ0) is 13.5. The van der Waals surface area contributed by atoms with E-state index in [-0.39, 0.29) is 11.5 Å². The van der Waals surface area contributed by atoms with Crippen LogP contribution < -0.4 is 19.1 Å². The van der Waals surface area contributed by atoms with E-state index in [4.69, 9.17) is 29.1 Å². The van der Waals surface area contributed by atoms with Gasteiger partial charge in [0.2, 0.25) is 17.2 Å². The van der Waals surface area contributed by atoms with Crippen LogP contribution in [0.5, 0.6) is 23.0 Å². The highest BCUT2D eigenvalue weighted by Gasteiger charge is 2.20. The lowest BCUT2D eigenvalue weighted by molar-refractivity contribution is -0.139. The Morgan fingerprint density at radius 3 is 2.11 bits per heavy atom. The molecule has 0 saturated carbocycles. The van der Waals surface area contributed by atoms with Gasteiger partial charge in [0, 0.05) is 0 Å². The Balaban J connectivity index is 3.04. The van der Waals surface area contributed by atoms with Crippen LogP contribution in [0.15, 0.2) is 12.1 Å². The van der Waals surface area contributed by atoms with Crippen molar-refractivity contribution < 1.29 is 34.0 Å². The van der Waals surface area contributed by atoms with Crippen molar-refractivity contribution in [3.63, 3.8) is 0 Å². The number of ether oxygens (including phenoxy) is 3. The molecule has 0 amide bonds. The van der Waals surface area contributed by atoms with E-state index < -0.39 is 7.32 Å². The van der Waals surface area contributed by atoms with E-state index in [9.17, 15) is 0 Å². The average Bonchev–Trinajstić information content (AvgIpc) is 2.36. The van der Waals surface area contributed by atoms with Crippen molar-refractivity contribution in [1.29, 1.82) is 0 Å². The SMILES string of the molecule is CCOc1ccc(OOB(O)O)c(OC)c1OC. The molecular formula is C10H15BO7. The summed E-state index contributed by atoms with van der Waals surface area (Å²) in [6, 6.07) is 3.09. The molecule has 0 aliphatic carbocycles. The fraction of sp³-hybridized carbons (Fsp3) is 0.400. The van der Waals surface area contributed by atoms with Crippen LogP contribution in [0.2, 0.25) is 0 Å². The smallest absolute Gasteiger partial charge is 0.490 e. The van der Waals surface area contributed by atoms with E-state index in [0.717, 1.165) is 0 Å². The number of benzene rings is 1. The molecule has 7 nitrogen and oxygen atoms in total. The Labute approximate surface area is 105 Å². The lowest BCUT2D eigenvalue weighted by atomic mass is 10.2. The molecule has 1 aromatic rings. The fourth-order valence-corrected chi connectivity index (χ4v) is 1.34. The minimum absolute atomic E-state index is 0.130. The lowest BCUT2D eigenvalue weighted by Gasteiger charge is -2.15. The van der Waals surface area contributed by atoms with E-state index >= 15 is 0 Å². The van der Waals surface area contributed by atoms with Gasteiger partial charge in [0.1, 0.15) is 0 Å². The van der Waals surface area contributed by atoms with Crippen molar-refractivity contribution >= 4 is 7.32 Å². The molecule has 0 unspecified atom stereocenters. The molecule has 100 valence electrons. The molecule has 0 spiro atoms. The lowest BCUT2D eigenvalue weighted by Crippen LogP contribution is -2.19. The molecule has 1 rings (SSSR count). The van der Waals surface area contributed by atoms with E-state index in [0.29, 0.717) is 18.1 Å². The summed E-state index contributed by atoms with van der Waals surface area (Å²) >= 11 is 0. The van der Waals surface area contributed by atoms with Crippen LogP contribution in [-0.2, 0) is 4.81 Å². The van der Waals surface area contributed by atoms with E-state index in [2.05, 4.69) is 4.81 Å². The van der Waals surface area contributed by atoms with Gasteiger partial charge in [0.25, 0.3) is 0 Å². The Hall–Kier alpha value is -1.64. The highest BCUT2D eigenvalue weighted by atomic mass is 17.2. The highest BCUT2D eigenvalue weighted by Crippen LogP contribution is 2.44. The van der Waals surface area contributed by atoms with Crippen LogP contribution >= 0.6 is 0 Å². The summed E-state index contributed by atoms with van der Waals surface area (Å²) in [6.45, 7) is 2.30. The molecule has 0 aliphatic rings. The van der Waals surface area contributed by atoms with Crippen molar-refractivity contribution in [2.75, 3.05) is 20.8 Å². The first kappa shape index (κ1) is 14.4. The average molecular weight is 258 g/mol. The largest absolute Gasteiger partial charge is 0.672 e. The summed E-state index contributed by atoms with van der Waals surface area (Å²) < 4.78 is 15.6. The van der Waals surface area contributed by atoms with E-state index in [1.165, 1.54) is 20.3 Å². The van der Waals surface area contributed by atoms with Crippen LogP contribution in [0.25, 0.3) is 0 Å². The molecule has 8 heteroatoms. The Kier molecular flexibility index (Phi) is 5.57. The molecule has 0 bridgehead atoms. The Morgan fingerprint density at radius 1 is 1.06 bits per heavy atom. The Bertz CT molecular complexity index is 383. The topological polar surface area (TPSA) is 86.6 Å². The number of hydrogen-bond donors (Lipinski definition) is 2. The number of methoxy groups -OCH3 is 2. The van der Waals surface area contributed by atoms with Gasteiger partial charge in [-0.15, -0.1) is 0 Å². The van der Waals surface area contributed by atoms with Crippen molar-refractivity contribution in [3.05, 3.63) is 12.1 Å². The van der Waals surface area contributed by atoms with Gasteiger partial charge in [0.05, 0.1) is 20.8 Å². The van der Waals surface area contributed by atoms with Gasteiger partial charge in [0.15, 0.2) is 5.75 Å². The summed E-state index contributed by atoms with van der Waals surface area (Å²) in [5, 5.41) is 17.1. The molecule has 0 saturated heterocycles. The summed E-state index contributed by atoms with van der Waals surface area (Å²) in [6.07, 6.45) is 0. The summed E-state index contributed by atoms with van der Waals surface area (Å²) in [4.78, 5) is 8.91. The van der Waals surface area contributed by atoms with E-state index in [1.807, 2.05) is 6.92 Å². The van der Waals surface area contributed by atoms with Crippen molar-refractivity contribution in [1.82, 2.24) is 0 Å². The third-order valence-corrected chi connectivity index (χ3v) is 1.97. The summed E-state index contributed by atoms with van der Waals surface area (Å²) in [5.41, 5.74) is 0. The number of hydrogen-bond acceptors (Lipinski definition) is 7. The highest BCUT2D eigenvalue weighted by molar-refractivity contribution is 6.32. The maximum Gasteiger partial charge on any atom is 0.672 e. The molecule has 0 radical (unpaired) electrons. The standard InChI is InChI=1S/C10H15BO7/c1-4-16-7-5-6-8(17-18-11(12)13)10(15-3)9(7)14-2/h5-6,12-13H,4H2,1-3H3. The molecule has 0 aromatic heterocycles. The summed E-state index contributed by atoms with van der Waals surface area (Å²) in [7, 11) is 0.814. The zero-order valence-electron chi connectivity index (χ0n) is 10.4. The predicted octanol–water partition coefficient (Wildman–Crippen LogP) is 0.382. The van der Waals surface area contributed by atoms with Gasteiger partial charge in [-0.1, -0.05) is 0 Å². The Morgan fingerprint density at radius 2 is 1.61 bits per heavy atom. The quantitative estimate of drug-likeness (QED) is 0.415. The monoisotopic (exact) mass is 258 g/mol. The summed E-state index contributed by atoms with van der Waals surface area (Å²) in [5.74, 6) is 1.16. The molecule has 0 aliphatic heterocycles. The maximum absolute atomic E-state index is 8.55. The van der Waals surface area contributed by atoms with Crippen molar-refractivity contribution in [2.24, 2.45) is 0 Å². The first-order valence-electron chi connectivity index (χ1n) is 5.21. The molecule has 0 fully saturated rings. The molecular weight excluding hydrogens is 243 g/mol. The van der Waals surface area contributed by atoms with Crippen LogP contribution in [0.1, 0.15) is 6.92 Å². The van der Waals surface area contributed by atoms with Gasteiger partial charge in [-0.25, -0.2) is 0 Å². The second-order valence-corrected chi connectivity index (χ2v) is 3.07. The van der Waals surface area contributed by atoms with Crippen LogP contribution in [0.4, 0.5) is 0 Å². The maximum atomic E-state index is 8.55. The van der Waals surface area contributed by atoms with E-state index in [1.54, 1.807) is 6.07 Å². The van der Waals surface area contributed by atoms with Crippen LogP contribution in [0.3, 0.4) is 0 Å². The molecule has 0 atom stereocenters. The zero-order valence-corrected chi connectivity index (χ0v) is 10.4. The molecule has 0 heterocycles. The minimum Gasteiger partial charge on any atom is -0.490 e. The molecule has 18 heavy (non-hydrogen) atoms. The normalized spacial score (nSPS) is 9.83. The third kappa shape index (κ3) is 3.43. The van der Waals surface area contributed by atoms with Gasteiger partial charge >= 0.3 is 7.32 Å². The van der Waals surface area contributed by atoms with Gasteiger partial charge in [-0.05, 0) is 19.1 Å². The predicted molar refractivity (Wildman–Crippen MR) is 62.6 cm³/mol. The first-order chi connectivity index (χ1) is 8.63. The van der Waals surface area contributed by atoms with Crippen molar-refractivity contribution in [2.45, 2.75) is 6.92 Å². The fourth-order valence-electron chi connectivity index (χ4n) is 1.34. The second kappa shape index (κ2) is 6.95. The van der Waals surface area contributed by atoms with Crippen LogP contribution in [-0.4, -0.2) is 38.2 Å². The van der Waals surface area contributed by atoms with Gasteiger partial charge in [-0.2, -0.15) is 4.81 Å². The second-order valence-electron chi connectivity index (χ2n) is 3.07. The van der Waals surface area contributed by atoms with Gasteiger partial charge < -0.3 is 29.1 Å². The molecule has 1 aromatic carbocycles. The van der Waals surface area contributed by atoms with Crippen molar-refractivity contribution in [3.8, 4) is 23.0 Å².